The van der Waals surface area contributed by atoms with Crippen molar-refractivity contribution in [2.24, 2.45) is 0 Å². The van der Waals surface area contributed by atoms with Crippen LogP contribution in [0.15, 0.2) is 24.3 Å². The summed E-state index contributed by atoms with van der Waals surface area (Å²) in [6, 6.07) is 8.30. The second-order valence-corrected chi connectivity index (χ2v) is 4.90. The third-order valence-corrected chi connectivity index (χ3v) is 4.22. The molecule has 0 spiro atoms. The molecular formula is C12H16BrNO. The van der Waals surface area contributed by atoms with Crippen LogP contribution in [0.2, 0.25) is 0 Å². The highest BCUT2D eigenvalue weighted by atomic mass is 79.9. The van der Waals surface area contributed by atoms with Crippen LogP contribution in [0.1, 0.15) is 12.5 Å². The third-order valence-electron chi connectivity index (χ3n) is 3.01. The van der Waals surface area contributed by atoms with Gasteiger partial charge in [-0.2, -0.15) is 0 Å². The zero-order chi connectivity index (χ0) is 10.9. The maximum atomic E-state index is 5.13. The van der Waals surface area contributed by atoms with Gasteiger partial charge in [0, 0.05) is 24.0 Å². The van der Waals surface area contributed by atoms with E-state index in [4.69, 9.17) is 4.74 Å². The normalized spacial score (nSPS) is 28.9. The van der Waals surface area contributed by atoms with Crippen molar-refractivity contribution in [3.8, 4) is 5.75 Å². The Morgan fingerprint density at radius 1 is 1.40 bits per heavy atom. The molecule has 2 nitrogen and oxygen atoms in total. The lowest BCUT2D eigenvalue weighted by Gasteiger charge is -2.09. The third kappa shape index (κ3) is 2.34. The van der Waals surface area contributed by atoms with Gasteiger partial charge in [-0.1, -0.05) is 28.1 Å². The summed E-state index contributed by atoms with van der Waals surface area (Å²) in [5.74, 6) is 0.924. The Morgan fingerprint density at radius 3 is 2.53 bits per heavy atom. The zero-order valence-corrected chi connectivity index (χ0v) is 10.8. The number of alkyl halides is 1. The van der Waals surface area contributed by atoms with E-state index in [0.717, 1.165) is 17.6 Å². The van der Waals surface area contributed by atoms with Crippen molar-refractivity contribution < 1.29 is 4.74 Å². The van der Waals surface area contributed by atoms with Gasteiger partial charge in [-0.3, -0.25) is 4.90 Å². The van der Waals surface area contributed by atoms with Crippen molar-refractivity contribution in [1.29, 1.82) is 0 Å². The minimum Gasteiger partial charge on any atom is -0.497 e. The Kier molecular flexibility index (Phi) is 3.03. The Labute approximate surface area is 99.4 Å². The van der Waals surface area contributed by atoms with Crippen molar-refractivity contribution in [1.82, 2.24) is 4.90 Å². The van der Waals surface area contributed by atoms with Crippen molar-refractivity contribution in [3.63, 3.8) is 0 Å². The Balaban J connectivity index is 1.95. The lowest BCUT2D eigenvalue weighted by atomic mass is 10.2. The number of hydrogen-bond acceptors (Lipinski definition) is 2. The molecular weight excluding hydrogens is 254 g/mol. The van der Waals surface area contributed by atoms with Crippen LogP contribution in [-0.2, 0) is 6.54 Å². The molecule has 1 aromatic carbocycles. The average Bonchev–Trinajstić information content (AvgIpc) is 2.91. The number of halogens is 1. The molecule has 1 fully saturated rings. The highest BCUT2D eigenvalue weighted by molar-refractivity contribution is 9.09. The van der Waals surface area contributed by atoms with Gasteiger partial charge in [0.2, 0.25) is 0 Å². The second kappa shape index (κ2) is 4.14. The summed E-state index contributed by atoms with van der Waals surface area (Å²) in [5, 5.41) is 1.05. The van der Waals surface area contributed by atoms with Crippen LogP contribution in [-0.4, -0.2) is 29.4 Å². The maximum absolute atomic E-state index is 5.13. The monoisotopic (exact) mass is 269 g/mol. The Morgan fingerprint density at radius 2 is 2.07 bits per heavy atom. The fourth-order valence-corrected chi connectivity index (χ4v) is 2.23. The van der Waals surface area contributed by atoms with E-state index >= 15 is 0 Å². The van der Waals surface area contributed by atoms with E-state index in [1.165, 1.54) is 12.1 Å². The molecule has 0 bridgehead atoms. The summed E-state index contributed by atoms with van der Waals surface area (Å²) in [7, 11) is 1.70. The van der Waals surface area contributed by atoms with E-state index in [1.807, 2.05) is 12.1 Å². The Bertz CT molecular complexity index is 338. The predicted molar refractivity (Wildman–Crippen MR) is 65.6 cm³/mol. The molecule has 2 atom stereocenters. The zero-order valence-electron chi connectivity index (χ0n) is 9.16. The van der Waals surface area contributed by atoms with Gasteiger partial charge in [-0.25, -0.2) is 0 Å². The molecule has 0 amide bonds. The molecule has 1 saturated heterocycles. The standard InChI is InChI=1S/C12H16BrNO/c1-12(8-13)9-14(12)7-10-3-5-11(15-2)6-4-10/h3-6H,7-9H2,1-2H3. The average molecular weight is 270 g/mol. The summed E-state index contributed by atoms with van der Waals surface area (Å²) in [6.45, 7) is 4.50. The fourth-order valence-electron chi connectivity index (χ4n) is 1.70. The molecule has 2 rings (SSSR count). The van der Waals surface area contributed by atoms with Crippen LogP contribution in [0.25, 0.3) is 0 Å². The second-order valence-electron chi connectivity index (χ2n) is 4.33. The van der Waals surface area contributed by atoms with Crippen molar-refractivity contribution in [2.75, 3.05) is 19.0 Å². The van der Waals surface area contributed by atoms with Crippen molar-refractivity contribution >= 4 is 15.9 Å². The van der Waals surface area contributed by atoms with Crippen molar-refractivity contribution in [3.05, 3.63) is 29.8 Å². The molecule has 1 aliphatic rings. The SMILES string of the molecule is COc1ccc(CN2CC2(C)CBr)cc1. The van der Waals surface area contributed by atoms with E-state index in [0.29, 0.717) is 5.54 Å². The van der Waals surface area contributed by atoms with Gasteiger partial charge in [0.05, 0.1) is 7.11 Å². The molecule has 1 aromatic rings. The van der Waals surface area contributed by atoms with Crippen LogP contribution in [0, 0.1) is 0 Å². The van der Waals surface area contributed by atoms with Gasteiger partial charge in [-0.05, 0) is 24.6 Å². The lowest BCUT2D eigenvalue weighted by Crippen LogP contribution is -2.15. The smallest absolute Gasteiger partial charge is 0.118 e. The van der Waals surface area contributed by atoms with Gasteiger partial charge in [0.15, 0.2) is 0 Å². The van der Waals surface area contributed by atoms with Crippen LogP contribution < -0.4 is 4.74 Å². The van der Waals surface area contributed by atoms with Crippen LogP contribution >= 0.6 is 15.9 Å². The summed E-state index contributed by atoms with van der Waals surface area (Å²) in [5.41, 5.74) is 1.72. The summed E-state index contributed by atoms with van der Waals surface area (Å²) >= 11 is 3.55. The minimum atomic E-state index is 0.375. The Hall–Kier alpha value is -0.540. The minimum absolute atomic E-state index is 0.375. The summed E-state index contributed by atoms with van der Waals surface area (Å²) < 4.78 is 5.13. The first-order valence-electron chi connectivity index (χ1n) is 5.12. The largest absolute Gasteiger partial charge is 0.497 e. The van der Waals surface area contributed by atoms with Crippen LogP contribution in [0.5, 0.6) is 5.75 Å². The van der Waals surface area contributed by atoms with Crippen LogP contribution in [0.4, 0.5) is 0 Å². The number of ether oxygens (including phenoxy) is 1. The molecule has 2 unspecified atom stereocenters. The van der Waals surface area contributed by atoms with Gasteiger partial charge < -0.3 is 4.74 Å². The van der Waals surface area contributed by atoms with E-state index in [-0.39, 0.29) is 0 Å². The first-order valence-corrected chi connectivity index (χ1v) is 6.24. The molecule has 1 heterocycles. The van der Waals surface area contributed by atoms with Crippen molar-refractivity contribution in [2.45, 2.75) is 19.0 Å². The van der Waals surface area contributed by atoms with Crippen LogP contribution in [0.3, 0.4) is 0 Å². The summed E-state index contributed by atoms with van der Waals surface area (Å²) in [4.78, 5) is 2.46. The molecule has 1 aliphatic heterocycles. The van der Waals surface area contributed by atoms with E-state index < -0.39 is 0 Å². The van der Waals surface area contributed by atoms with Gasteiger partial charge in [-0.15, -0.1) is 0 Å². The molecule has 15 heavy (non-hydrogen) atoms. The molecule has 0 N–H and O–H groups in total. The number of benzene rings is 1. The molecule has 0 radical (unpaired) electrons. The number of rotatable bonds is 4. The highest BCUT2D eigenvalue weighted by Crippen LogP contribution is 2.35. The lowest BCUT2D eigenvalue weighted by molar-refractivity contribution is 0.413. The number of nitrogens with zero attached hydrogens (tertiary/aromatic N) is 1. The molecule has 0 aromatic heterocycles. The molecule has 0 aliphatic carbocycles. The van der Waals surface area contributed by atoms with E-state index in [9.17, 15) is 0 Å². The van der Waals surface area contributed by atoms with Gasteiger partial charge in [0.25, 0.3) is 0 Å². The maximum Gasteiger partial charge on any atom is 0.118 e. The molecule has 82 valence electrons. The quantitative estimate of drug-likeness (QED) is 0.616. The number of hydrogen-bond donors (Lipinski definition) is 0. The van der Waals surface area contributed by atoms with Gasteiger partial charge >= 0.3 is 0 Å². The predicted octanol–water partition coefficient (Wildman–Crippen LogP) is 2.66. The highest BCUT2D eigenvalue weighted by Gasteiger charge is 2.45. The van der Waals surface area contributed by atoms with Gasteiger partial charge in [0.1, 0.15) is 5.75 Å². The first kappa shape index (κ1) is 11.0. The topological polar surface area (TPSA) is 12.2 Å². The van der Waals surface area contributed by atoms with E-state index in [2.05, 4.69) is 39.9 Å². The fraction of sp³-hybridized carbons (Fsp3) is 0.500. The summed E-state index contributed by atoms with van der Waals surface area (Å²) in [6.07, 6.45) is 0. The van der Waals surface area contributed by atoms with E-state index in [1.54, 1.807) is 7.11 Å². The number of methoxy groups -OCH3 is 1. The molecule has 0 saturated carbocycles. The molecule has 3 heteroatoms. The first-order chi connectivity index (χ1) is 7.18.